The summed E-state index contributed by atoms with van der Waals surface area (Å²) in [4.78, 5) is 12.8. The van der Waals surface area contributed by atoms with E-state index in [1.165, 1.54) is 0 Å². The maximum Gasteiger partial charge on any atom is 0.315 e. The van der Waals surface area contributed by atoms with Crippen LogP contribution in [-0.2, 0) is 0 Å². The molecule has 0 heterocycles. The fourth-order valence-electron chi connectivity index (χ4n) is 1.72. The summed E-state index contributed by atoms with van der Waals surface area (Å²) in [6.07, 6.45) is 0.942. The van der Waals surface area contributed by atoms with Gasteiger partial charge in [0.25, 0.3) is 0 Å². The molecule has 1 atom stereocenters. The number of nitro benzene ring substituents is 1. The molecule has 1 rings (SSSR count). The van der Waals surface area contributed by atoms with E-state index in [1.54, 1.807) is 19.2 Å². The molecule has 1 aromatic rings. The third-order valence-electron chi connectivity index (χ3n) is 3.10. The maximum absolute atomic E-state index is 11.2. The van der Waals surface area contributed by atoms with Gasteiger partial charge >= 0.3 is 5.69 Å². The van der Waals surface area contributed by atoms with Gasteiger partial charge in [0.1, 0.15) is 11.4 Å². The zero-order chi connectivity index (χ0) is 13.0. The van der Waals surface area contributed by atoms with Crippen molar-refractivity contribution in [2.75, 3.05) is 24.3 Å². The smallest absolute Gasteiger partial charge is 0.315 e. The van der Waals surface area contributed by atoms with Gasteiger partial charge in [-0.25, -0.2) is 0 Å². The molecule has 1 N–H and O–H groups in total. The van der Waals surface area contributed by atoms with Crippen molar-refractivity contribution in [3.05, 3.63) is 28.3 Å². The molecule has 94 valence electrons. The summed E-state index contributed by atoms with van der Waals surface area (Å²) < 4.78 is 0. The first-order chi connectivity index (χ1) is 8.02. The number of para-hydroxylation sites is 1. The van der Waals surface area contributed by atoms with E-state index in [2.05, 4.69) is 19.2 Å². The Labute approximate surface area is 102 Å². The lowest BCUT2D eigenvalue weighted by Crippen LogP contribution is -2.28. The molecule has 5 nitrogen and oxygen atoms in total. The first-order valence-corrected chi connectivity index (χ1v) is 5.70. The highest BCUT2D eigenvalue weighted by molar-refractivity contribution is 5.76. The first-order valence-electron chi connectivity index (χ1n) is 5.70. The lowest BCUT2D eigenvalue weighted by atomic mass is 10.1. The van der Waals surface area contributed by atoms with Crippen molar-refractivity contribution in [2.24, 2.45) is 0 Å². The summed E-state index contributed by atoms with van der Waals surface area (Å²) in [5.74, 6) is 0. The van der Waals surface area contributed by atoms with Crippen LogP contribution < -0.4 is 10.2 Å². The number of nitrogens with one attached hydrogen (secondary N) is 1. The van der Waals surface area contributed by atoms with E-state index in [0.29, 0.717) is 11.4 Å². The number of anilines is 2. The number of hydrogen-bond acceptors (Lipinski definition) is 4. The monoisotopic (exact) mass is 237 g/mol. The normalized spacial score (nSPS) is 12.0. The number of rotatable bonds is 5. The molecule has 5 heteroatoms. The van der Waals surface area contributed by atoms with Crippen molar-refractivity contribution in [3.63, 3.8) is 0 Å². The zero-order valence-electron chi connectivity index (χ0n) is 10.7. The van der Waals surface area contributed by atoms with Gasteiger partial charge in [0, 0.05) is 20.1 Å². The Morgan fingerprint density at radius 3 is 2.65 bits per heavy atom. The van der Waals surface area contributed by atoms with Crippen LogP contribution in [0.2, 0.25) is 0 Å². The van der Waals surface area contributed by atoms with Crippen LogP contribution in [-0.4, -0.2) is 25.1 Å². The van der Waals surface area contributed by atoms with Crippen LogP contribution in [0, 0.1) is 10.1 Å². The summed E-state index contributed by atoms with van der Waals surface area (Å²) in [6.45, 7) is 4.12. The van der Waals surface area contributed by atoms with E-state index in [4.69, 9.17) is 0 Å². The van der Waals surface area contributed by atoms with Crippen molar-refractivity contribution < 1.29 is 4.92 Å². The molecule has 0 aromatic heterocycles. The summed E-state index contributed by atoms with van der Waals surface area (Å²) in [5, 5.41) is 14.0. The number of hydrogen-bond donors (Lipinski definition) is 1. The highest BCUT2D eigenvalue weighted by atomic mass is 16.6. The molecule has 0 amide bonds. The molecule has 0 saturated heterocycles. The van der Waals surface area contributed by atoms with Gasteiger partial charge in [-0.05, 0) is 25.5 Å². The van der Waals surface area contributed by atoms with Crippen LogP contribution in [0.5, 0.6) is 0 Å². The van der Waals surface area contributed by atoms with Gasteiger partial charge in [0.15, 0.2) is 0 Å². The fourth-order valence-corrected chi connectivity index (χ4v) is 1.72. The minimum atomic E-state index is -0.333. The SMILES string of the molecule is CCC(C)N(C)c1cccc(NC)c1[N+](=O)[O-]. The Balaban J connectivity index is 3.27. The molecule has 0 radical (unpaired) electrons. The average molecular weight is 237 g/mol. The summed E-state index contributed by atoms with van der Waals surface area (Å²) >= 11 is 0. The van der Waals surface area contributed by atoms with Crippen LogP contribution >= 0.6 is 0 Å². The molecule has 0 fully saturated rings. The molecular weight excluding hydrogens is 218 g/mol. The van der Waals surface area contributed by atoms with Crippen LogP contribution in [0.3, 0.4) is 0 Å². The summed E-state index contributed by atoms with van der Waals surface area (Å²) in [5.41, 5.74) is 1.33. The molecule has 0 aliphatic carbocycles. The Kier molecular flexibility index (Phi) is 4.31. The number of benzene rings is 1. The maximum atomic E-state index is 11.2. The van der Waals surface area contributed by atoms with Crippen molar-refractivity contribution >= 4 is 17.1 Å². The van der Waals surface area contributed by atoms with Gasteiger partial charge in [-0.2, -0.15) is 0 Å². The van der Waals surface area contributed by atoms with Crippen LogP contribution in [0.15, 0.2) is 18.2 Å². The van der Waals surface area contributed by atoms with E-state index in [9.17, 15) is 10.1 Å². The molecule has 0 aliphatic heterocycles. The second-order valence-electron chi connectivity index (χ2n) is 4.05. The standard InChI is InChI=1S/C12H19N3O2/c1-5-9(2)14(4)11-8-6-7-10(13-3)12(11)15(16)17/h6-9,13H,5H2,1-4H3. The highest BCUT2D eigenvalue weighted by Gasteiger charge is 2.23. The second kappa shape index (κ2) is 5.52. The lowest BCUT2D eigenvalue weighted by Gasteiger charge is -2.26. The van der Waals surface area contributed by atoms with E-state index in [1.807, 2.05) is 18.0 Å². The third kappa shape index (κ3) is 2.67. The van der Waals surface area contributed by atoms with Crippen LogP contribution in [0.25, 0.3) is 0 Å². The van der Waals surface area contributed by atoms with Gasteiger partial charge in [-0.1, -0.05) is 13.0 Å². The van der Waals surface area contributed by atoms with Crippen LogP contribution in [0.4, 0.5) is 17.1 Å². The van der Waals surface area contributed by atoms with Crippen molar-refractivity contribution in [3.8, 4) is 0 Å². The fraction of sp³-hybridized carbons (Fsp3) is 0.500. The highest BCUT2D eigenvalue weighted by Crippen LogP contribution is 2.35. The third-order valence-corrected chi connectivity index (χ3v) is 3.10. The minimum Gasteiger partial charge on any atom is -0.382 e. The molecule has 1 aromatic carbocycles. The van der Waals surface area contributed by atoms with Gasteiger partial charge in [-0.15, -0.1) is 0 Å². The molecule has 0 spiro atoms. The second-order valence-corrected chi connectivity index (χ2v) is 4.05. The average Bonchev–Trinajstić information content (AvgIpc) is 2.35. The van der Waals surface area contributed by atoms with E-state index in [-0.39, 0.29) is 16.7 Å². The molecule has 0 bridgehead atoms. The van der Waals surface area contributed by atoms with Crippen molar-refractivity contribution in [1.29, 1.82) is 0 Å². The van der Waals surface area contributed by atoms with Crippen molar-refractivity contribution in [1.82, 2.24) is 0 Å². The zero-order valence-corrected chi connectivity index (χ0v) is 10.7. The topological polar surface area (TPSA) is 58.4 Å². The molecule has 17 heavy (non-hydrogen) atoms. The Hall–Kier alpha value is -1.78. The number of nitrogens with zero attached hydrogens (tertiary/aromatic N) is 2. The minimum absolute atomic E-state index is 0.137. The predicted molar refractivity (Wildman–Crippen MR) is 70.8 cm³/mol. The van der Waals surface area contributed by atoms with Gasteiger partial charge in [0.05, 0.1) is 4.92 Å². The van der Waals surface area contributed by atoms with Crippen molar-refractivity contribution in [2.45, 2.75) is 26.3 Å². The quantitative estimate of drug-likeness (QED) is 0.632. The Morgan fingerprint density at radius 1 is 1.53 bits per heavy atom. The molecule has 1 unspecified atom stereocenters. The van der Waals surface area contributed by atoms with Gasteiger partial charge in [0.2, 0.25) is 0 Å². The Bertz CT molecular complexity index is 407. The van der Waals surface area contributed by atoms with Crippen LogP contribution in [0.1, 0.15) is 20.3 Å². The Morgan fingerprint density at radius 2 is 2.18 bits per heavy atom. The molecule has 0 saturated carbocycles. The summed E-state index contributed by atoms with van der Waals surface area (Å²) in [7, 11) is 3.57. The van der Waals surface area contributed by atoms with Gasteiger partial charge in [-0.3, -0.25) is 10.1 Å². The molecular formula is C12H19N3O2. The first kappa shape index (κ1) is 13.3. The summed E-state index contributed by atoms with van der Waals surface area (Å²) in [6, 6.07) is 5.59. The number of nitro groups is 1. The molecule has 0 aliphatic rings. The largest absolute Gasteiger partial charge is 0.382 e. The lowest BCUT2D eigenvalue weighted by molar-refractivity contribution is -0.383. The van der Waals surface area contributed by atoms with E-state index < -0.39 is 0 Å². The van der Waals surface area contributed by atoms with E-state index >= 15 is 0 Å². The van der Waals surface area contributed by atoms with E-state index in [0.717, 1.165) is 6.42 Å². The predicted octanol–water partition coefficient (Wildman–Crippen LogP) is 2.87. The van der Waals surface area contributed by atoms with Gasteiger partial charge < -0.3 is 10.2 Å².